The molecule has 4 nitrogen and oxygen atoms in total. The topological polar surface area (TPSA) is 42.2 Å². The first-order chi connectivity index (χ1) is 19.9. The Morgan fingerprint density at radius 1 is 0.878 bits per heavy atom. The molecule has 2 aromatic carbocycles. The number of aromatic nitrogens is 1. The van der Waals surface area contributed by atoms with Crippen LogP contribution in [0.3, 0.4) is 0 Å². The quantitative estimate of drug-likeness (QED) is 0.114. The fourth-order valence-electron chi connectivity index (χ4n) is 5.29. The second-order valence-electron chi connectivity index (χ2n) is 12.4. The van der Waals surface area contributed by atoms with Gasteiger partial charge in [0.25, 0.3) is 0 Å². The summed E-state index contributed by atoms with van der Waals surface area (Å²) in [6.45, 7) is 10.4. The lowest BCUT2D eigenvalue weighted by atomic mass is 9.84. The van der Waals surface area contributed by atoms with E-state index >= 15 is 0 Å². The van der Waals surface area contributed by atoms with E-state index in [0.717, 1.165) is 41.1 Å². The smallest absolute Gasteiger partial charge is 0.228 e. The second-order valence-corrected chi connectivity index (χ2v) is 13.2. The zero-order chi connectivity index (χ0) is 29.3. The van der Waals surface area contributed by atoms with Gasteiger partial charge < -0.3 is 10.1 Å². The van der Waals surface area contributed by atoms with Crippen molar-refractivity contribution in [2.45, 2.75) is 123 Å². The van der Waals surface area contributed by atoms with Crippen LogP contribution in [0.25, 0.3) is 0 Å². The van der Waals surface area contributed by atoms with E-state index in [0.29, 0.717) is 13.0 Å². The highest BCUT2D eigenvalue weighted by atomic mass is 32.1. The number of unbranched alkanes of at least 4 members (excludes halogenated alkanes) is 11. The van der Waals surface area contributed by atoms with Gasteiger partial charge in [-0.15, -0.1) is 0 Å². The van der Waals surface area contributed by atoms with E-state index in [1.165, 1.54) is 70.6 Å². The lowest BCUT2D eigenvalue weighted by Crippen LogP contribution is -2.30. The lowest BCUT2D eigenvalue weighted by molar-refractivity contribution is -0.683. The van der Waals surface area contributed by atoms with E-state index in [1.54, 1.807) is 11.3 Å². The fraction of sp³-hybridized carbons (Fsp3) is 0.556. The summed E-state index contributed by atoms with van der Waals surface area (Å²) in [6, 6.07) is 14.3. The van der Waals surface area contributed by atoms with Crippen molar-refractivity contribution in [3.63, 3.8) is 0 Å². The third-order valence-electron chi connectivity index (χ3n) is 7.60. The van der Waals surface area contributed by atoms with Crippen LogP contribution in [0, 0.1) is 0 Å². The van der Waals surface area contributed by atoms with Crippen molar-refractivity contribution in [2.75, 3.05) is 11.9 Å². The summed E-state index contributed by atoms with van der Waals surface area (Å²) in [5.41, 5.74) is 6.13. The van der Waals surface area contributed by atoms with Gasteiger partial charge in [0.1, 0.15) is 5.75 Å². The molecule has 0 fully saturated rings. The maximum absolute atomic E-state index is 13.1. The summed E-state index contributed by atoms with van der Waals surface area (Å²) in [4.78, 5) is 13.1. The Balaban J connectivity index is 1.47. The SMILES string of the molecule is CCCCCCCCCCCCCCOc1c(CC(=O)Nc2cccc(C[n+]3ccsc3)c2)cccc1C(C)(C)C. The van der Waals surface area contributed by atoms with Gasteiger partial charge in [-0.05, 0) is 29.5 Å². The van der Waals surface area contributed by atoms with Crippen molar-refractivity contribution in [3.05, 3.63) is 76.2 Å². The van der Waals surface area contributed by atoms with Gasteiger partial charge in [0, 0.05) is 16.8 Å². The number of ether oxygens (including phenoxy) is 1. The Morgan fingerprint density at radius 2 is 1.54 bits per heavy atom. The molecule has 1 aromatic heterocycles. The predicted octanol–water partition coefficient (Wildman–Crippen LogP) is 9.64. The lowest BCUT2D eigenvalue weighted by Gasteiger charge is -2.25. The molecular formula is C36H53N2O2S+. The van der Waals surface area contributed by atoms with Gasteiger partial charge in [-0.3, -0.25) is 4.79 Å². The number of benzene rings is 2. The number of para-hydroxylation sites is 1. The van der Waals surface area contributed by atoms with Crippen molar-refractivity contribution < 1.29 is 14.1 Å². The average molecular weight is 578 g/mol. The standard InChI is InChI=1S/C36H52N2O2S/c1-5-6-7-8-9-10-11-12-13-14-15-16-24-40-35-31(20-18-22-33(35)36(2,3)4)27-34(39)37-32-21-17-19-30(26-32)28-38-23-25-41-29-38/h17-23,25-26,29H,5-16,24,27-28H2,1-4H3/p+1. The molecule has 1 amide bonds. The van der Waals surface area contributed by atoms with Crippen molar-refractivity contribution in [3.8, 4) is 5.75 Å². The zero-order valence-electron chi connectivity index (χ0n) is 26.1. The van der Waals surface area contributed by atoms with Gasteiger partial charge in [-0.25, -0.2) is 0 Å². The molecule has 0 bridgehead atoms. The van der Waals surface area contributed by atoms with Crippen molar-refractivity contribution in [1.29, 1.82) is 0 Å². The number of rotatable bonds is 19. The molecule has 0 spiro atoms. The summed E-state index contributed by atoms with van der Waals surface area (Å²) < 4.78 is 8.58. The Kier molecular flexibility index (Phi) is 14.4. The molecule has 0 saturated heterocycles. The van der Waals surface area contributed by atoms with E-state index in [2.05, 4.69) is 78.9 Å². The van der Waals surface area contributed by atoms with Crippen LogP contribution in [-0.4, -0.2) is 12.5 Å². The first-order valence-electron chi connectivity index (χ1n) is 15.9. The van der Waals surface area contributed by atoms with Gasteiger partial charge in [0.2, 0.25) is 11.4 Å². The third kappa shape index (κ3) is 12.4. The molecule has 0 saturated carbocycles. The maximum Gasteiger partial charge on any atom is 0.228 e. The number of carbonyl (C=O) groups is 1. The number of carbonyl (C=O) groups excluding carboxylic acids is 1. The summed E-state index contributed by atoms with van der Waals surface area (Å²) >= 11 is 1.68. The molecule has 0 aliphatic carbocycles. The van der Waals surface area contributed by atoms with Crippen LogP contribution in [0.4, 0.5) is 5.69 Å². The largest absolute Gasteiger partial charge is 0.493 e. The summed E-state index contributed by atoms with van der Waals surface area (Å²) in [6.07, 6.45) is 18.3. The summed E-state index contributed by atoms with van der Waals surface area (Å²) in [7, 11) is 0. The average Bonchev–Trinajstić information content (AvgIpc) is 3.44. The molecule has 41 heavy (non-hydrogen) atoms. The number of amides is 1. The molecule has 224 valence electrons. The van der Waals surface area contributed by atoms with E-state index < -0.39 is 0 Å². The number of nitrogens with zero attached hydrogens (tertiary/aromatic N) is 1. The predicted molar refractivity (Wildman–Crippen MR) is 174 cm³/mol. The Hall–Kier alpha value is -2.66. The van der Waals surface area contributed by atoms with E-state index in [1.807, 2.05) is 18.2 Å². The number of hydrogen-bond donors (Lipinski definition) is 1. The Bertz CT molecular complexity index is 1150. The van der Waals surface area contributed by atoms with Crippen LogP contribution in [0.15, 0.2) is 59.6 Å². The van der Waals surface area contributed by atoms with E-state index in [-0.39, 0.29) is 11.3 Å². The number of thiazole rings is 1. The highest BCUT2D eigenvalue weighted by Crippen LogP contribution is 2.35. The molecule has 1 N–H and O–H groups in total. The van der Waals surface area contributed by atoms with Crippen LogP contribution in [-0.2, 0) is 23.2 Å². The van der Waals surface area contributed by atoms with E-state index in [9.17, 15) is 4.79 Å². The molecule has 0 aliphatic heterocycles. The number of anilines is 1. The number of hydrogen-bond acceptors (Lipinski definition) is 3. The van der Waals surface area contributed by atoms with Gasteiger partial charge in [0.15, 0.2) is 12.7 Å². The molecule has 0 radical (unpaired) electrons. The normalized spacial score (nSPS) is 11.5. The maximum atomic E-state index is 13.1. The highest BCUT2D eigenvalue weighted by molar-refractivity contribution is 7.07. The molecule has 5 heteroatoms. The van der Waals surface area contributed by atoms with Crippen molar-refractivity contribution >= 4 is 22.9 Å². The summed E-state index contributed by atoms with van der Waals surface area (Å²) in [5, 5.41) is 5.18. The van der Waals surface area contributed by atoms with Gasteiger partial charge in [-0.2, -0.15) is 4.57 Å². The molecule has 0 aliphatic rings. The van der Waals surface area contributed by atoms with Crippen molar-refractivity contribution in [2.24, 2.45) is 0 Å². The Labute approximate surface area is 253 Å². The minimum atomic E-state index is -0.0635. The monoisotopic (exact) mass is 577 g/mol. The van der Waals surface area contributed by atoms with Crippen LogP contribution < -0.4 is 14.6 Å². The molecule has 0 atom stereocenters. The zero-order valence-corrected chi connectivity index (χ0v) is 26.9. The van der Waals surface area contributed by atoms with Crippen LogP contribution in [0.5, 0.6) is 5.75 Å². The number of nitrogens with one attached hydrogen (secondary N) is 1. The van der Waals surface area contributed by atoms with Crippen LogP contribution in [0.2, 0.25) is 0 Å². The summed E-state index contributed by atoms with van der Waals surface area (Å²) in [5.74, 6) is 0.868. The third-order valence-corrected chi connectivity index (χ3v) is 8.27. The van der Waals surface area contributed by atoms with Gasteiger partial charge in [-0.1, -0.05) is 140 Å². The minimum absolute atomic E-state index is 0.0217. The molecule has 0 unspecified atom stereocenters. The van der Waals surface area contributed by atoms with E-state index in [4.69, 9.17) is 4.74 Å². The molecule has 3 rings (SSSR count). The van der Waals surface area contributed by atoms with Crippen LogP contribution >= 0.6 is 11.3 Å². The van der Waals surface area contributed by atoms with Crippen molar-refractivity contribution in [1.82, 2.24) is 0 Å². The first kappa shape index (κ1) is 32.8. The molecular weight excluding hydrogens is 524 g/mol. The van der Waals surface area contributed by atoms with Gasteiger partial charge in [0.05, 0.1) is 18.4 Å². The Morgan fingerprint density at radius 3 is 2.17 bits per heavy atom. The minimum Gasteiger partial charge on any atom is -0.493 e. The van der Waals surface area contributed by atoms with Gasteiger partial charge >= 0.3 is 0 Å². The highest BCUT2D eigenvalue weighted by Gasteiger charge is 2.22. The molecule has 3 aromatic rings. The first-order valence-corrected chi connectivity index (χ1v) is 16.9. The molecule has 1 heterocycles. The van der Waals surface area contributed by atoms with Crippen LogP contribution in [0.1, 0.15) is 121 Å². The second kappa shape index (κ2) is 18.0. The fourth-order valence-corrected chi connectivity index (χ4v) is 5.89.